The summed E-state index contributed by atoms with van der Waals surface area (Å²) in [7, 11) is 0. The quantitative estimate of drug-likeness (QED) is 0.710. The summed E-state index contributed by atoms with van der Waals surface area (Å²) in [4.78, 5) is 4.28. The molecule has 0 fully saturated rings. The van der Waals surface area contributed by atoms with Crippen LogP contribution in [-0.4, -0.2) is 14.5 Å². The largest absolute Gasteiger partial charge is 0.399 e. The van der Waals surface area contributed by atoms with Gasteiger partial charge in [0.2, 0.25) is 0 Å². The van der Waals surface area contributed by atoms with Gasteiger partial charge < -0.3 is 15.2 Å². The maximum Gasteiger partial charge on any atom is 0.139 e. The van der Waals surface area contributed by atoms with Crippen molar-refractivity contribution in [1.82, 2.24) is 9.38 Å². The number of nitrogens with zero attached hydrogens (tertiary/aromatic N) is 2. The molecule has 0 aliphatic rings. The van der Waals surface area contributed by atoms with Crippen LogP contribution < -0.4 is 5.73 Å². The number of fused-ring (bicyclic) bond motifs is 1. The maximum absolute atomic E-state index is 9.75. The van der Waals surface area contributed by atoms with Crippen molar-refractivity contribution >= 4 is 11.3 Å². The standard InChI is InChI=1S/C10H13N3O/c1-10(2,14)8-6-13-4-3-7(11)5-9(13)12-8/h3-6,14H,11H2,1-2H3. The highest BCUT2D eigenvalue weighted by Crippen LogP contribution is 2.19. The summed E-state index contributed by atoms with van der Waals surface area (Å²) >= 11 is 0. The molecule has 4 heteroatoms. The number of aromatic nitrogens is 2. The zero-order valence-corrected chi connectivity index (χ0v) is 8.23. The topological polar surface area (TPSA) is 63.5 Å². The molecule has 0 aliphatic carbocycles. The molecule has 74 valence electrons. The Balaban J connectivity index is 2.63. The Morgan fingerprint density at radius 1 is 1.50 bits per heavy atom. The Morgan fingerprint density at radius 2 is 2.21 bits per heavy atom. The molecule has 0 atom stereocenters. The second kappa shape index (κ2) is 2.72. The minimum Gasteiger partial charge on any atom is -0.399 e. The molecule has 14 heavy (non-hydrogen) atoms. The molecule has 0 aromatic carbocycles. The van der Waals surface area contributed by atoms with E-state index in [1.54, 1.807) is 32.2 Å². The number of anilines is 1. The van der Waals surface area contributed by atoms with Crippen LogP contribution in [0.25, 0.3) is 5.65 Å². The first kappa shape index (κ1) is 9.02. The molecule has 4 nitrogen and oxygen atoms in total. The predicted octanol–water partition coefficient (Wildman–Crippen LogP) is 1.14. The van der Waals surface area contributed by atoms with Gasteiger partial charge >= 0.3 is 0 Å². The van der Waals surface area contributed by atoms with Gasteiger partial charge in [0.25, 0.3) is 0 Å². The van der Waals surface area contributed by atoms with E-state index in [9.17, 15) is 5.11 Å². The lowest BCUT2D eigenvalue weighted by Crippen LogP contribution is -2.15. The van der Waals surface area contributed by atoms with Crippen LogP contribution in [0.3, 0.4) is 0 Å². The highest BCUT2D eigenvalue weighted by atomic mass is 16.3. The fourth-order valence-corrected chi connectivity index (χ4v) is 1.29. The number of aliphatic hydroxyl groups is 1. The fourth-order valence-electron chi connectivity index (χ4n) is 1.29. The zero-order chi connectivity index (χ0) is 10.3. The molecule has 0 bridgehead atoms. The Bertz CT molecular complexity index is 468. The van der Waals surface area contributed by atoms with Crippen LogP contribution in [0, 0.1) is 0 Å². The smallest absolute Gasteiger partial charge is 0.139 e. The minimum absolute atomic E-state index is 0.642. The van der Waals surface area contributed by atoms with Crippen molar-refractivity contribution in [2.24, 2.45) is 0 Å². The van der Waals surface area contributed by atoms with Gasteiger partial charge in [0.1, 0.15) is 11.2 Å². The average molecular weight is 191 g/mol. The van der Waals surface area contributed by atoms with E-state index >= 15 is 0 Å². The molecule has 0 saturated carbocycles. The van der Waals surface area contributed by atoms with Gasteiger partial charge in [-0.1, -0.05) is 0 Å². The summed E-state index contributed by atoms with van der Waals surface area (Å²) in [6.07, 6.45) is 3.63. The van der Waals surface area contributed by atoms with Crippen LogP contribution in [0.2, 0.25) is 0 Å². The average Bonchev–Trinajstić information content (AvgIpc) is 2.45. The molecule has 0 unspecified atom stereocenters. The summed E-state index contributed by atoms with van der Waals surface area (Å²) in [5.74, 6) is 0. The zero-order valence-electron chi connectivity index (χ0n) is 8.23. The third-order valence-corrected chi connectivity index (χ3v) is 2.11. The first-order chi connectivity index (χ1) is 6.47. The molecule has 0 saturated heterocycles. The molecule has 0 aliphatic heterocycles. The van der Waals surface area contributed by atoms with Crippen LogP contribution >= 0.6 is 0 Å². The van der Waals surface area contributed by atoms with E-state index in [-0.39, 0.29) is 0 Å². The molecule has 0 amide bonds. The number of nitrogen functional groups attached to an aromatic ring is 1. The number of hydrogen-bond acceptors (Lipinski definition) is 3. The van der Waals surface area contributed by atoms with Crippen LogP contribution in [-0.2, 0) is 5.60 Å². The molecular formula is C10H13N3O. The van der Waals surface area contributed by atoms with Crippen molar-refractivity contribution in [3.8, 4) is 0 Å². The van der Waals surface area contributed by atoms with Crippen LogP contribution in [0.4, 0.5) is 5.69 Å². The Morgan fingerprint density at radius 3 is 2.86 bits per heavy atom. The van der Waals surface area contributed by atoms with Gasteiger partial charge in [-0.15, -0.1) is 0 Å². The second-order valence-corrected chi connectivity index (χ2v) is 3.91. The Hall–Kier alpha value is -1.55. The monoisotopic (exact) mass is 191 g/mol. The molecular weight excluding hydrogens is 178 g/mol. The Kier molecular flexibility index (Phi) is 1.75. The molecule has 2 aromatic heterocycles. The Labute approximate surface area is 82.0 Å². The molecule has 0 spiro atoms. The molecule has 0 radical (unpaired) electrons. The lowest BCUT2D eigenvalue weighted by molar-refractivity contribution is 0.0744. The van der Waals surface area contributed by atoms with Crippen molar-refractivity contribution in [1.29, 1.82) is 0 Å². The number of nitrogens with two attached hydrogens (primary N) is 1. The highest BCUT2D eigenvalue weighted by molar-refractivity contribution is 5.52. The maximum atomic E-state index is 9.75. The third-order valence-electron chi connectivity index (χ3n) is 2.11. The van der Waals surface area contributed by atoms with Crippen LogP contribution in [0.5, 0.6) is 0 Å². The van der Waals surface area contributed by atoms with Crippen molar-refractivity contribution in [2.75, 3.05) is 5.73 Å². The van der Waals surface area contributed by atoms with Gasteiger partial charge in [0.15, 0.2) is 0 Å². The number of imidazole rings is 1. The third kappa shape index (κ3) is 1.44. The van der Waals surface area contributed by atoms with E-state index in [1.807, 2.05) is 10.6 Å². The summed E-state index contributed by atoms with van der Waals surface area (Å²) < 4.78 is 1.84. The summed E-state index contributed by atoms with van der Waals surface area (Å²) in [6.45, 7) is 3.41. The van der Waals surface area contributed by atoms with Crippen molar-refractivity contribution in [2.45, 2.75) is 19.4 Å². The van der Waals surface area contributed by atoms with Crippen molar-refractivity contribution in [3.05, 3.63) is 30.2 Å². The number of pyridine rings is 1. The van der Waals surface area contributed by atoms with E-state index in [1.165, 1.54) is 0 Å². The SMILES string of the molecule is CC(C)(O)c1cn2ccc(N)cc2n1. The molecule has 2 heterocycles. The number of hydrogen-bond donors (Lipinski definition) is 2. The summed E-state index contributed by atoms with van der Waals surface area (Å²) in [5, 5.41) is 9.75. The van der Waals surface area contributed by atoms with E-state index < -0.39 is 5.60 Å². The first-order valence-electron chi connectivity index (χ1n) is 4.44. The molecule has 2 aromatic rings. The lowest BCUT2D eigenvalue weighted by Gasteiger charge is -2.12. The highest BCUT2D eigenvalue weighted by Gasteiger charge is 2.19. The van der Waals surface area contributed by atoms with Crippen molar-refractivity contribution < 1.29 is 5.11 Å². The number of rotatable bonds is 1. The summed E-state index contributed by atoms with van der Waals surface area (Å²) in [6, 6.07) is 3.57. The van der Waals surface area contributed by atoms with Crippen molar-refractivity contribution in [3.63, 3.8) is 0 Å². The van der Waals surface area contributed by atoms with Gasteiger partial charge in [0.05, 0.1) is 5.69 Å². The predicted molar refractivity (Wildman–Crippen MR) is 54.8 cm³/mol. The van der Waals surface area contributed by atoms with Gasteiger partial charge in [-0.05, 0) is 19.9 Å². The van der Waals surface area contributed by atoms with Crippen LogP contribution in [0.1, 0.15) is 19.5 Å². The first-order valence-corrected chi connectivity index (χ1v) is 4.44. The van der Waals surface area contributed by atoms with E-state index in [0.717, 1.165) is 5.65 Å². The van der Waals surface area contributed by atoms with Gasteiger partial charge in [-0.2, -0.15) is 0 Å². The van der Waals surface area contributed by atoms with E-state index in [4.69, 9.17) is 5.73 Å². The van der Waals surface area contributed by atoms with Gasteiger partial charge in [-0.25, -0.2) is 4.98 Å². The van der Waals surface area contributed by atoms with E-state index in [2.05, 4.69) is 4.98 Å². The van der Waals surface area contributed by atoms with Crippen LogP contribution in [0.15, 0.2) is 24.5 Å². The summed E-state index contributed by atoms with van der Waals surface area (Å²) in [5.41, 5.74) is 6.78. The minimum atomic E-state index is -0.916. The molecule has 3 N–H and O–H groups in total. The normalized spacial score (nSPS) is 12.2. The van der Waals surface area contributed by atoms with E-state index in [0.29, 0.717) is 11.4 Å². The molecule has 2 rings (SSSR count). The second-order valence-electron chi connectivity index (χ2n) is 3.91. The van der Waals surface area contributed by atoms with Gasteiger partial charge in [0, 0.05) is 24.1 Å². The van der Waals surface area contributed by atoms with Gasteiger partial charge in [-0.3, -0.25) is 0 Å². The lowest BCUT2D eigenvalue weighted by atomic mass is 10.1. The fraction of sp³-hybridized carbons (Fsp3) is 0.300.